The second-order valence-corrected chi connectivity index (χ2v) is 5.70. The number of phenols is 1. The average molecular weight is 293 g/mol. The molecule has 0 radical (unpaired) electrons. The lowest BCUT2D eigenvalue weighted by Gasteiger charge is -2.21. The summed E-state index contributed by atoms with van der Waals surface area (Å²) in [6.45, 7) is 5.88. The molecule has 0 heterocycles. The number of nitrogens with one attached hydrogen (secondary N) is 1. The molecule has 0 aliphatic heterocycles. The Labute approximate surface area is 127 Å². The Balaban J connectivity index is 2.26. The fourth-order valence-electron chi connectivity index (χ4n) is 1.91. The van der Waals surface area contributed by atoms with Crippen LogP contribution in [0.25, 0.3) is 0 Å². The van der Waals surface area contributed by atoms with E-state index in [4.69, 9.17) is 5.73 Å². The highest BCUT2D eigenvalue weighted by atomic mass is 16.3. The van der Waals surface area contributed by atoms with Crippen molar-refractivity contribution in [3.63, 3.8) is 0 Å². The van der Waals surface area contributed by atoms with Gasteiger partial charge in [0.2, 0.25) is 5.91 Å². The fraction of sp³-hybridized carbons (Fsp3) is 0.562. The number of hydrogen-bond donors (Lipinski definition) is 3. The monoisotopic (exact) mass is 293 g/mol. The van der Waals surface area contributed by atoms with Crippen LogP contribution in [-0.2, 0) is 11.2 Å². The smallest absolute Gasteiger partial charge is 0.237 e. The lowest BCUT2D eigenvalue weighted by atomic mass is 10.1. The third-order valence-electron chi connectivity index (χ3n) is 3.60. The van der Waals surface area contributed by atoms with Gasteiger partial charge in [-0.25, -0.2) is 0 Å². The molecule has 0 aliphatic carbocycles. The van der Waals surface area contributed by atoms with Crippen LogP contribution >= 0.6 is 0 Å². The van der Waals surface area contributed by atoms with Crippen LogP contribution in [0.5, 0.6) is 5.75 Å². The third kappa shape index (κ3) is 6.60. The number of hydrogen-bond acceptors (Lipinski definition) is 4. The molecule has 0 aliphatic rings. The number of aromatic hydroxyl groups is 1. The first-order valence-corrected chi connectivity index (χ1v) is 7.41. The summed E-state index contributed by atoms with van der Waals surface area (Å²) in [5, 5.41) is 12.1. The van der Waals surface area contributed by atoms with E-state index in [0.717, 1.165) is 18.5 Å². The van der Waals surface area contributed by atoms with Gasteiger partial charge >= 0.3 is 0 Å². The molecule has 5 heteroatoms. The predicted octanol–water partition coefficient (Wildman–Crippen LogP) is 1.11. The number of benzene rings is 1. The zero-order valence-corrected chi connectivity index (χ0v) is 13.2. The van der Waals surface area contributed by atoms with E-state index in [1.807, 2.05) is 0 Å². The quantitative estimate of drug-likeness (QED) is 0.627. The molecular weight excluding hydrogens is 266 g/mol. The Morgan fingerprint density at radius 1 is 1.33 bits per heavy atom. The number of phenolic OH excluding ortho intramolecular Hbond substituents is 1. The molecule has 0 fully saturated rings. The Bertz CT molecular complexity index is 432. The first kappa shape index (κ1) is 17.5. The van der Waals surface area contributed by atoms with E-state index in [-0.39, 0.29) is 11.7 Å². The number of amides is 1. The number of nitrogens with two attached hydrogens (primary N) is 1. The van der Waals surface area contributed by atoms with Gasteiger partial charge in [0.1, 0.15) is 5.75 Å². The lowest BCUT2D eigenvalue weighted by Crippen LogP contribution is -2.43. The standard InChI is InChI=1S/C16H27N3O2/c1-12(2)19(3)10-4-9-18-16(21)15(17)11-13-5-7-14(20)8-6-13/h5-8,12,15,20H,4,9-11,17H2,1-3H3,(H,18,21). The van der Waals surface area contributed by atoms with Crippen LogP contribution in [0.2, 0.25) is 0 Å². The van der Waals surface area contributed by atoms with Crippen molar-refractivity contribution in [2.24, 2.45) is 5.73 Å². The maximum Gasteiger partial charge on any atom is 0.237 e. The van der Waals surface area contributed by atoms with Crippen molar-refractivity contribution in [1.29, 1.82) is 0 Å². The van der Waals surface area contributed by atoms with E-state index < -0.39 is 6.04 Å². The first-order chi connectivity index (χ1) is 9.90. The topological polar surface area (TPSA) is 78.6 Å². The van der Waals surface area contributed by atoms with Gasteiger partial charge < -0.3 is 21.1 Å². The molecule has 0 bridgehead atoms. The van der Waals surface area contributed by atoms with Gasteiger partial charge in [0.15, 0.2) is 0 Å². The highest BCUT2D eigenvalue weighted by Crippen LogP contribution is 2.10. The van der Waals surface area contributed by atoms with E-state index in [1.54, 1.807) is 24.3 Å². The van der Waals surface area contributed by atoms with Crippen LogP contribution in [0.15, 0.2) is 24.3 Å². The third-order valence-corrected chi connectivity index (χ3v) is 3.60. The summed E-state index contributed by atoms with van der Waals surface area (Å²) < 4.78 is 0. The van der Waals surface area contributed by atoms with Gasteiger partial charge in [-0.05, 0) is 58.0 Å². The maximum atomic E-state index is 11.9. The van der Waals surface area contributed by atoms with Crippen LogP contribution in [0.3, 0.4) is 0 Å². The Morgan fingerprint density at radius 2 is 1.95 bits per heavy atom. The van der Waals surface area contributed by atoms with Crippen LogP contribution in [0, 0.1) is 0 Å². The summed E-state index contributed by atoms with van der Waals surface area (Å²) in [7, 11) is 2.07. The minimum Gasteiger partial charge on any atom is -0.508 e. The van der Waals surface area contributed by atoms with Gasteiger partial charge in [0, 0.05) is 12.6 Å². The molecule has 0 saturated carbocycles. The Kier molecular flexibility index (Phi) is 7.19. The molecule has 4 N–H and O–H groups in total. The zero-order valence-electron chi connectivity index (χ0n) is 13.2. The summed E-state index contributed by atoms with van der Waals surface area (Å²) in [5.41, 5.74) is 6.83. The largest absolute Gasteiger partial charge is 0.508 e. The van der Waals surface area contributed by atoms with E-state index in [9.17, 15) is 9.90 Å². The molecule has 5 nitrogen and oxygen atoms in total. The van der Waals surface area contributed by atoms with Crippen LogP contribution in [-0.4, -0.2) is 48.1 Å². The highest BCUT2D eigenvalue weighted by Gasteiger charge is 2.13. The molecular formula is C16H27N3O2. The van der Waals surface area contributed by atoms with Crippen LogP contribution in [0.1, 0.15) is 25.8 Å². The van der Waals surface area contributed by atoms with Gasteiger partial charge in [-0.15, -0.1) is 0 Å². The molecule has 21 heavy (non-hydrogen) atoms. The normalized spacial score (nSPS) is 12.7. The molecule has 1 rings (SSSR count). The van der Waals surface area contributed by atoms with Crippen molar-refractivity contribution in [2.75, 3.05) is 20.1 Å². The van der Waals surface area contributed by atoms with Gasteiger partial charge in [-0.1, -0.05) is 12.1 Å². The summed E-state index contributed by atoms with van der Waals surface area (Å²) >= 11 is 0. The molecule has 1 aromatic rings. The summed E-state index contributed by atoms with van der Waals surface area (Å²) in [6.07, 6.45) is 1.38. The molecule has 1 unspecified atom stereocenters. The van der Waals surface area contributed by atoms with Crippen molar-refractivity contribution in [1.82, 2.24) is 10.2 Å². The number of rotatable bonds is 8. The van der Waals surface area contributed by atoms with Crippen LogP contribution < -0.4 is 11.1 Å². The molecule has 0 saturated heterocycles. The van der Waals surface area contributed by atoms with Gasteiger partial charge in [-0.2, -0.15) is 0 Å². The van der Waals surface area contributed by atoms with E-state index >= 15 is 0 Å². The molecule has 0 aromatic heterocycles. The molecule has 1 amide bonds. The predicted molar refractivity (Wildman–Crippen MR) is 85.2 cm³/mol. The minimum absolute atomic E-state index is 0.129. The Hall–Kier alpha value is -1.59. The number of carbonyl (C=O) groups is 1. The average Bonchev–Trinajstić information content (AvgIpc) is 2.45. The van der Waals surface area contributed by atoms with Gasteiger partial charge in [0.05, 0.1) is 6.04 Å². The van der Waals surface area contributed by atoms with Crippen LogP contribution in [0.4, 0.5) is 0 Å². The minimum atomic E-state index is -0.558. The summed E-state index contributed by atoms with van der Waals surface area (Å²) in [5.74, 6) is 0.0846. The van der Waals surface area contributed by atoms with Crippen molar-refractivity contribution in [3.8, 4) is 5.75 Å². The van der Waals surface area contributed by atoms with Crippen molar-refractivity contribution >= 4 is 5.91 Å². The van der Waals surface area contributed by atoms with Crippen molar-refractivity contribution in [3.05, 3.63) is 29.8 Å². The van der Waals surface area contributed by atoms with Crippen molar-refractivity contribution in [2.45, 2.75) is 38.8 Å². The highest BCUT2D eigenvalue weighted by molar-refractivity contribution is 5.81. The zero-order chi connectivity index (χ0) is 15.8. The second-order valence-electron chi connectivity index (χ2n) is 5.70. The summed E-state index contributed by atoms with van der Waals surface area (Å²) in [6, 6.07) is 6.71. The number of carbonyl (C=O) groups excluding carboxylic acids is 1. The molecule has 1 atom stereocenters. The second kappa shape index (κ2) is 8.64. The Morgan fingerprint density at radius 3 is 2.52 bits per heavy atom. The lowest BCUT2D eigenvalue weighted by molar-refractivity contribution is -0.122. The first-order valence-electron chi connectivity index (χ1n) is 7.41. The summed E-state index contributed by atoms with van der Waals surface area (Å²) in [4.78, 5) is 14.1. The van der Waals surface area contributed by atoms with Crippen molar-refractivity contribution < 1.29 is 9.90 Å². The van der Waals surface area contributed by atoms with Gasteiger partial charge in [-0.3, -0.25) is 4.79 Å². The SMILES string of the molecule is CC(C)N(C)CCCNC(=O)C(N)Cc1ccc(O)cc1. The molecule has 1 aromatic carbocycles. The molecule has 0 spiro atoms. The molecule has 118 valence electrons. The van der Waals surface area contributed by atoms with Gasteiger partial charge in [0.25, 0.3) is 0 Å². The van der Waals surface area contributed by atoms with E-state index in [0.29, 0.717) is 19.0 Å². The number of nitrogens with zero attached hydrogens (tertiary/aromatic N) is 1. The maximum absolute atomic E-state index is 11.9. The van der Waals surface area contributed by atoms with E-state index in [1.165, 1.54) is 0 Å². The van der Waals surface area contributed by atoms with E-state index in [2.05, 4.69) is 31.1 Å². The fourth-order valence-corrected chi connectivity index (χ4v) is 1.91.